The number of anilines is 1. The molecule has 0 spiro atoms. The molecular weight excluding hydrogens is 394 g/mol. The van der Waals surface area contributed by atoms with Gasteiger partial charge < -0.3 is 45.4 Å². The summed E-state index contributed by atoms with van der Waals surface area (Å²) in [6.45, 7) is -1.80. The number of imidazole rings is 1. The van der Waals surface area contributed by atoms with Crippen molar-refractivity contribution in [1.82, 2.24) is 19.5 Å². The summed E-state index contributed by atoms with van der Waals surface area (Å²) in [6.07, 6.45) is -3.88. The molecule has 0 bridgehead atoms. The van der Waals surface area contributed by atoms with E-state index in [1.54, 1.807) is 0 Å². The Hall–Kier alpha value is -2.17. The summed E-state index contributed by atoms with van der Waals surface area (Å²) in [5.41, 5.74) is -2.20. The van der Waals surface area contributed by atoms with Crippen LogP contribution in [0.15, 0.2) is 11.1 Å². The standard InChI is InChI=1S/C15H21N5O9/c21-1-6-8(24)9(25)12(28-6)19-13-17-10-7(11(26)18-13)16-5-20(10)14(3-22)2-15(27,4-23)29-14/h5-6,8-9,12,21-25,27H,1-4H2,(H2,17,18,19,26). The highest BCUT2D eigenvalue weighted by Crippen LogP contribution is 2.44. The van der Waals surface area contributed by atoms with E-state index in [2.05, 4.69) is 20.3 Å². The predicted octanol–water partition coefficient (Wildman–Crippen LogP) is -4.28. The van der Waals surface area contributed by atoms with Crippen molar-refractivity contribution in [3.05, 3.63) is 16.7 Å². The molecule has 2 aromatic rings. The predicted molar refractivity (Wildman–Crippen MR) is 92.3 cm³/mol. The highest BCUT2D eigenvalue weighted by molar-refractivity contribution is 5.71. The van der Waals surface area contributed by atoms with Crippen molar-refractivity contribution in [2.24, 2.45) is 0 Å². The third-order valence-corrected chi connectivity index (χ3v) is 5.09. The molecule has 0 aromatic carbocycles. The van der Waals surface area contributed by atoms with Crippen LogP contribution >= 0.6 is 0 Å². The average Bonchev–Trinajstić information content (AvgIpc) is 3.22. The molecule has 4 rings (SSSR count). The van der Waals surface area contributed by atoms with Crippen molar-refractivity contribution >= 4 is 17.1 Å². The molecule has 2 saturated heterocycles. The van der Waals surface area contributed by atoms with Crippen LogP contribution in [0.1, 0.15) is 6.42 Å². The molecule has 29 heavy (non-hydrogen) atoms. The molecular formula is C15H21N5O9. The second-order valence-electron chi connectivity index (χ2n) is 7.09. The van der Waals surface area contributed by atoms with Crippen LogP contribution in [0, 0.1) is 0 Å². The quantitative estimate of drug-likeness (QED) is 0.225. The zero-order valence-corrected chi connectivity index (χ0v) is 15.0. The Morgan fingerprint density at radius 1 is 1.28 bits per heavy atom. The molecule has 0 saturated carbocycles. The van der Waals surface area contributed by atoms with Gasteiger partial charge in [-0.1, -0.05) is 0 Å². The van der Waals surface area contributed by atoms with Crippen LogP contribution in [0.2, 0.25) is 0 Å². The summed E-state index contributed by atoms with van der Waals surface area (Å²) in [6, 6.07) is 0. The van der Waals surface area contributed by atoms with Crippen LogP contribution < -0.4 is 10.9 Å². The van der Waals surface area contributed by atoms with Gasteiger partial charge in [0.1, 0.15) is 18.3 Å². The molecule has 2 aromatic heterocycles. The van der Waals surface area contributed by atoms with Crippen LogP contribution in [0.3, 0.4) is 0 Å². The van der Waals surface area contributed by atoms with E-state index in [0.29, 0.717) is 0 Å². The summed E-state index contributed by atoms with van der Waals surface area (Å²) >= 11 is 0. The lowest BCUT2D eigenvalue weighted by Crippen LogP contribution is -2.64. The van der Waals surface area contributed by atoms with Gasteiger partial charge >= 0.3 is 0 Å². The molecule has 2 aliphatic heterocycles. The number of nitrogens with zero attached hydrogens (tertiary/aromatic N) is 3. The number of hydrogen-bond acceptors (Lipinski definition) is 12. The second-order valence-corrected chi connectivity index (χ2v) is 7.09. The lowest BCUT2D eigenvalue weighted by Gasteiger charge is -2.51. The number of nitrogens with one attached hydrogen (secondary N) is 2. The smallest absolute Gasteiger partial charge is 0.280 e. The molecule has 0 amide bonds. The van der Waals surface area contributed by atoms with Gasteiger partial charge in [-0.25, -0.2) is 4.98 Å². The molecule has 4 heterocycles. The van der Waals surface area contributed by atoms with Gasteiger partial charge in [0.2, 0.25) is 5.95 Å². The maximum absolute atomic E-state index is 12.4. The number of H-pyrrole nitrogens is 1. The Kier molecular flexibility index (Phi) is 4.83. The number of aliphatic hydroxyl groups is 6. The Morgan fingerprint density at radius 2 is 2.00 bits per heavy atom. The number of aliphatic hydroxyl groups excluding tert-OH is 5. The number of fused-ring (bicyclic) bond motifs is 1. The van der Waals surface area contributed by atoms with Crippen molar-refractivity contribution in [1.29, 1.82) is 0 Å². The van der Waals surface area contributed by atoms with Gasteiger partial charge in [-0.15, -0.1) is 0 Å². The van der Waals surface area contributed by atoms with E-state index in [0.717, 1.165) is 0 Å². The lowest BCUT2D eigenvalue weighted by atomic mass is 9.95. The Morgan fingerprint density at radius 3 is 2.59 bits per heavy atom. The second kappa shape index (κ2) is 6.96. The van der Waals surface area contributed by atoms with E-state index < -0.39 is 61.4 Å². The van der Waals surface area contributed by atoms with Gasteiger partial charge in [0.25, 0.3) is 5.56 Å². The molecule has 6 atom stereocenters. The first-order chi connectivity index (χ1) is 13.8. The Balaban J connectivity index is 1.67. The number of rotatable bonds is 6. The van der Waals surface area contributed by atoms with Crippen molar-refractivity contribution in [2.45, 2.75) is 42.5 Å². The third kappa shape index (κ3) is 3.10. The van der Waals surface area contributed by atoms with Crippen LogP contribution in [-0.2, 0) is 15.2 Å². The zero-order valence-electron chi connectivity index (χ0n) is 15.0. The topological polar surface area (TPSA) is 215 Å². The van der Waals surface area contributed by atoms with E-state index in [-0.39, 0.29) is 23.5 Å². The third-order valence-electron chi connectivity index (χ3n) is 5.09. The Bertz CT molecular complexity index is 955. The van der Waals surface area contributed by atoms with Gasteiger partial charge in [-0.3, -0.25) is 14.3 Å². The van der Waals surface area contributed by atoms with Gasteiger partial charge in [0.05, 0.1) is 32.6 Å². The SMILES string of the molecule is O=c1[nH]c(NC2OC(CO)C(O)C2O)nc2c1ncn2C1(CO)CC(O)(CO)O1. The fraction of sp³-hybridized carbons (Fsp3) is 0.667. The first-order valence-electron chi connectivity index (χ1n) is 8.77. The maximum Gasteiger partial charge on any atom is 0.280 e. The molecule has 14 heteroatoms. The monoisotopic (exact) mass is 415 g/mol. The van der Waals surface area contributed by atoms with E-state index >= 15 is 0 Å². The van der Waals surface area contributed by atoms with Gasteiger partial charge in [0.15, 0.2) is 28.9 Å². The molecule has 0 aliphatic carbocycles. The van der Waals surface area contributed by atoms with E-state index in [4.69, 9.17) is 14.6 Å². The van der Waals surface area contributed by atoms with Gasteiger partial charge in [-0.2, -0.15) is 4.98 Å². The lowest BCUT2D eigenvalue weighted by molar-refractivity contribution is -0.414. The first kappa shape index (κ1) is 20.1. The van der Waals surface area contributed by atoms with E-state index in [1.165, 1.54) is 10.9 Å². The van der Waals surface area contributed by atoms with Crippen LogP contribution in [-0.4, -0.2) is 100 Å². The fourth-order valence-corrected chi connectivity index (χ4v) is 3.59. The molecule has 2 aliphatic rings. The summed E-state index contributed by atoms with van der Waals surface area (Å²) in [7, 11) is 0. The Labute approximate surface area is 162 Å². The number of hydrogen-bond donors (Lipinski definition) is 8. The van der Waals surface area contributed by atoms with E-state index in [1.807, 2.05) is 0 Å². The van der Waals surface area contributed by atoms with Crippen LogP contribution in [0.25, 0.3) is 11.2 Å². The van der Waals surface area contributed by atoms with Gasteiger partial charge in [0, 0.05) is 0 Å². The van der Waals surface area contributed by atoms with Crippen molar-refractivity contribution < 1.29 is 40.1 Å². The maximum atomic E-state index is 12.4. The summed E-state index contributed by atoms with van der Waals surface area (Å²) in [5.74, 6) is -1.97. The fourth-order valence-electron chi connectivity index (χ4n) is 3.59. The molecule has 160 valence electrons. The number of aromatic nitrogens is 4. The number of aromatic amines is 1. The normalized spacial score (nSPS) is 37.0. The average molecular weight is 415 g/mol. The number of ether oxygens (including phenoxy) is 2. The molecule has 2 fully saturated rings. The highest BCUT2D eigenvalue weighted by atomic mass is 16.7. The molecule has 6 unspecified atom stereocenters. The van der Waals surface area contributed by atoms with E-state index in [9.17, 15) is 30.3 Å². The van der Waals surface area contributed by atoms with Crippen molar-refractivity contribution in [2.75, 3.05) is 25.1 Å². The van der Waals surface area contributed by atoms with Crippen molar-refractivity contribution in [3.8, 4) is 0 Å². The minimum Gasteiger partial charge on any atom is -0.394 e. The molecule has 8 N–H and O–H groups in total. The first-order valence-corrected chi connectivity index (χ1v) is 8.77. The van der Waals surface area contributed by atoms with Crippen LogP contribution in [0.5, 0.6) is 0 Å². The van der Waals surface area contributed by atoms with Gasteiger partial charge in [-0.05, 0) is 0 Å². The molecule has 14 nitrogen and oxygen atoms in total. The zero-order chi connectivity index (χ0) is 21.0. The summed E-state index contributed by atoms with van der Waals surface area (Å²) in [4.78, 5) is 22.9. The molecule has 0 radical (unpaired) electrons. The minimum atomic E-state index is -1.83. The van der Waals surface area contributed by atoms with Crippen molar-refractivity contribution in [3.63, 3.8) is 0 Å². The highest BCUT2D eigenvalue weighted by Gasteiger charge is 2.57. The minimum absolute atomic E-state index is 0.00275. The largest absolute Gasteiger partial charge is 0.394 e. The summed E-state index contributed by atoms with van der Waals surface area (Å²) in [5, 5.41) is 60.6. The van der Waals surface area contributed by atoms with Crippen LogP contribution in [0.4, 0.5) is 5.95 Å². The summed E-state index contributed by atoms with van der Waals surface area (Å²) < 4.78 is 11.9.